The molecule has 0 unspecified atom stereocenters. The molecular weight excluding hydrogens is 302 g/mol. The first-order valence-corrected chi connectivity index (χ1v) is 8.06. The number of fused-ring (bicyclic) bond motifs is 1. The van der Waals surface area contributed by atoms with E-state index in [-0.39, 0.29) is 12.4 Å². The maximum atomic E-state index is 11.5. The Kier molecular flexibility index (Phi) is 4.31. The minimum Gasteiger partial charge on any atom is -0.469 e. The normalized spacial score (nSPS) is 15.0. The van der Waals surface area contributed by atoms with Crippen molar-refractivity contribution in [3.63, 3.8) is 0 Å². The van der Waals surface area contributed by atoms with E-state index in [2.05, 4.69) is 17.1 Å². The summed E-state index contributed by atoms with van der Waals surface area (Å²) in [6.07, 6.45) is 4.20. The van der Waals surface area contributed by atoms with Crippen LogP contribution in [0.1, 0.15) is 11.1 Å². The van der Waals surface area contributed by atoms with Gasteiger partial charge in [0.15, 0.2) is 0 Å². The van der Waals surface area contributed by atoms with Crippen LogP contribution in [-0.2, 0) is 16.0 Å². The molecule has 3 nitrogen and oxygen atoms in total. The molecule has 1 aliphatic rings. The van der Waals surface area contributed by atoms with Gasteiger partial charge in [0.1, 0.15) is 5.03 Å². The number of nitrogens with zero attached hydrogens (tertiary/aromatic N) is 1. The fraction of sp³-hybridized carbons (Fsp3) is 0.125. The lowest BCUT2D eigenvalue weighted by Gasteiger charge is -2.05. The van der Waals surface area contributed by atoms with E-state index in [1.165, 1.54) is 16.2 Å². The fourth-order valence-electron chi connectivity index (χ4n) is 2.00. The van der Waals surface area contributed by atoms with Crippen LogP contribution in [0.3, 0.4) is 0 Å². The lowest BCUT2D eigenvalue weighted by molar-refractivity contribution is -0.139. The minimum atomic E-state index is -0.225. The Hall–Kier alpha value is -1.72. The number of hydrogen-bond donors (Lipinski definition) is 0. The molecule has 0 radical (unpaired) electrons. The van der Waals surface area contributed by atoms with E-state index in [9.17, 15) is 4.79 Å². The number of carbonyl (C=O) groups is 1. The fourth-order valence-corrected chi connectivity index (χ4v) is 4.28. The smallest absolute Gasteiger partial charge is 0.309 e. The zero-order valence-electron chi connectivity index (χ0n) is 11.4. The highest BCUT2D eigenvalue weighted by Gasteiger charge is 2.18. The van der Waals surface area contributed by atoms with Crippen molar-refractivity contribution in [2.24, 2.45) is 0 Å². The monoisotopic (exact) mass is 315 g/mol. The summed E-state index contributed by atoms with van der Waals surface area (Å²) >= 11 is 3.37. The molecule has 21 heavy (non-hydrogen) atoms. The predicted molar refractivity (Wildman–Crippen MR) is 86.1 cm³/mol. The first-order chi connectivity index (χ1) is 10.3. The maximum absolute atomic E-state index is 11.5. The van der Waals surface area contributed by atoms with Gasteiger partial charge in [-0.2, -0.15) is 0 Å². The summed E-state index contributed by atoms with van der Waals surface area (Å²) in [5, 5.41) is 1.04. The van der Waals surface area contributed by atoms with E-state index in [0.717, 1.165) is 16.2 Å². The van der Waals surface area contributed by atoms with Gasteiger partial charge in [-0.05, 0) is 29.3 Å². The predicted octanol–water partition coefficient (Wildman–Crippen LogP) is 3.99. The third-order valence-corrected chi connectivity index (χ3v) is 5.37. The van der Waals surface area contributed by atoms with Gasteiger partial charge >= 0.3 is 5.97 Å². The van der Waals surface area contributed by atoms with Gasteiger partial charge in [0, 0.05) is 11.1 Å². The topological polar surface area (TPSA) is 39.2 Å². The van der Waals surface area contributed by atoms with Crippen molar-refractivity contribution in [3.8, 4) is 0 Å². The molecule has 5 heteroatoms. The van der Waals surface area contributed by atoms with Gasteiger partial charge < -0.3 is 4.74 Å². The Balaban J connectivity index is 1.86. The number of methoxy groups -OCH3 is 1. The summed E-state index contributed by atoms with van der Waals surface area (Å²) in [7, 11) is 1.41. The molecule has 1 aromatic heterocycles. The number of rotatable bonds is 3. The van der Waals surface area contributed by atoms with Crippen LogP contribution in [0.2, 0.25) is 0 Å². The van der Waals surface area contributed by atoms with Crippen molar-refractivity contribution in [2.75, 3.05) is 7.11 Å². The third kappa shape index (κ3) is 3.31. The molecule has 1 aromatic carbocycles. The van der Waals surface area contributed by atoms with Gasteiger partial charge in [-0.15, -0.1) is 0 Å². The van der Waals surface area contributed by atoms with Crippen molar-refractivity contribution in [3.05, 3.63) is 58.0 Å². The molecule has 2 heterocycles. The molecule has 0 aliphatic carbocycles. The summed E-state index contributed by atoms with van der Waals surface area (Å²) < 4.78 is 5.92. The molecule has 3 rings (SSSR count). The Morgan fingerprint density at radius 1 is 1.24 bits per heavy atom. The molecule has 1 aliphatic heterocycles. The standard InChI is InChI=1S/C16H13NO2S2/c1-19-14(18)9-11-5-2-3-6-12(11)10-15-20-13-7-4-8-17-16(13)21-15/h2-8,10H,9H2,1H3. The molecule has 0 atom stereocenters. The highest BCUT2D eigenvalue weighted by Crippen LogP contribution is 2.50. The van der Waals surface area contributed by atoms with Gasteiger partial charge in [-0.3, -0.25) is 4.79 Å². The number of benzene rings is 1. The van der Waals surface area contributed by atoms with E-state index in [0.29, 0.717) is 0 Å². The lowest BCUT2D eigenvalue weighted by atomic mass is 10.1. The van der Waals surface area contributed by atoms with Crippen LogP contribution in [0.4, 0.5) is 0 Å². The van der Waals surface area contributed by atoms with Gasteiger partial charge in [-0.1, -0.05) is 47.8 Å². The number of hydrogen-bond acceptors (Lipinski definition) is 5. The molecule has 0 saturated carbocycles. The van der Waals surface area contributed by atoms with Crippen LogP contribution in [0, 0.1) is 0 Å². The zero-order chi connectivity index (χ0) is 14.7. The van der Waals surface area contributed by atoms with Crippen LogP contribution in [0.5, 0.6) is 0 Å². The number of thioether (sulfide) groups is 2. The Labute approximate surface area is 131 Å². The first-order valence-electron chi connectivity index (χ1n) is 6.43. The van der Waals surface area contributed by atoms with Crippen molar-refractivity contribution >= 4 is 35.6 Å². The Morgan fingerprint density at radius 3 is 2.90 bits per heavy atom. The molecule has 106 valence electrons. The first kappa shape index (κ1) is 14.2. The van der Waals surface area contributed by atoms with E-state index in [1.54, 1.807) is 29.7 Å². The second kappa shape index (κ2) is 6.37. The Morgan fingerprint density at radius 2 is 2.10 bits per heavy atom. The molecule has 0 saturated heterocycles. The quantitative estimate of drug-likeness (QED) is 0.801. The van der Waals surface area contributed by atoms with Crippen LogP contribution in [-0.4, -0.2) is 18.1 Å². The van der Waals surface area contributed by atoms with Gasteiger partial charge in [-0.25, -0.2) is 4.98 Å². The molecule has 2 aromatic rings. The van der Waals surface area contributed by atoms with E-state index in [4.69, 9.17) is 4.74 Å². The molecule has 0 amide bonds. The summed E-state index contributed by atoms with van der Waals surface area (Å²) in [6.45, 7) is 0. The lowest BCUT2D eigenvalue weighted by Crippen LogP contribution is -2.05. The zero-order valence-corrected chi connectivity index (χ0v) is 13.0. The average molecular weight is 315 g/mol. The number of aromatic nitrogens is 1. The van der Waals surface area contributed by atoms with E-state index >= 15 is 0 Å². The molecule has 0 fully saturated rings. The molecule has 0 N–H and O–H groups in total. The third-order valence-electron chi connectivity index (χ3n) is 3.03. The van der Waals surface area contributed by atoms with Gasteiger partial charge in [0.25, 0.3) is 0 Å². The average Bonchev–Trinajstić information content (AvgIpc) is 2.91. The highest BCUT2D eigenvalue weighted by molar-refractivity contribution is 8.24. The second-order valence-electron chi connectivity index (χ2n) is 4.43. The van der Waals surface area contributed by atoms with E-state index < -0.39 is 0 Å². The van der Waals surface area contributed by atoms with Gasteiger partial charge in [0.2, 0.25) is 0 Å². The number of esters is 1. The minimum absolute atomic E-state index is 0.225. The van der Waals surface area contributed by atoms with Crippen molar-refractivity contribution in [1.29, 1.82) is 0 Å². The second-order valence-corrected chi connectivity index (χ2v) is 6.80. The van der Waals surface area contributed by atoms with Crippen LogP contribution >= 0.6 is 23.5 Å². The van der Waals surface area contributed by atoms with Gasteiger partial charge in [0.05, 0.1) is 17.8 Å². The molecule has 0 spiro atoms. The van der Waals surface area contributed by atoms with Crippen molar-refractivity contribution in [2.45, 2.75) is 16.3 Å². The number of pyridine rings is 1. The van der Waals surface area contributed by atoms with E-state index in [1.807, 2.05) is 30.3 Å². The number of carbonyl (C=O) groups excluding carboxylic acids is 1. The molecule has 0 bridgehead atoms. The summed E-state index contributed by atoms with van der Waals surface area (Å²) in [6, 6.07) is 11.9. The van der Waals surface area contributed by atoms with Crippen LogP contribution < -0.4 is 0 Å². The summed E-state index contributed by atoms with van der Waals surface area (Å²) in [4.78, 5) is 17.0. The van der Waals surface area contributed by atoms with Crippen molar-refractivity contribution < 1.29 is 9.53 Å². The van der Waals surface area contributed by atoms with Crippen molar-refractivity contribution in [1.82, 2.24) is 4.98 Å². The summed E-state index contributed by atoms with van der Waals surface area (Å²) in [5.74, 6) is -0.225. The SMILES string of the molecule is COC(=O)Cc1ccccc1C=C1Sc2cccnc2S1. The Bertz CT molecular complexity index is 686. The van der Waals surface area contributed by atoms with Crippen LogP contribution in [0.25, 0.3) is 6.08 Å². The summed E-state index contributed by atoms with van der Waals surface area (Å²) in [5.41, 5.74) is 2.02. The maximum Gasteiger partial charge on any atom is 0.309 e. The highest BCUT2D eigenvalue weighted by atomic mass is 32.2. The van der Waals surface area contributed by atoms with Crippen LogP contribution in [0.15, 0.2) is 56.8 Å². The molecular formula is C16H13NO2S2. The largest absolute Gasteiger partial charge is 0.469 e. The number of ether oxygens (including phenoxy) is 1.